The van der Waals surface area contributed by atoms with Crippen molar-refractivity contribution in [2.24, 2.45) is 5.73 Å². The second-order valence-electron chi connectivity index (χ2n) is 3.70. The lowest BCUT2D eigenvalue weighted by Gasteiger charge is -2.10. The Morgan fingerprint density at radius 3 is 2.84 bits per heavy atom. The fourth-order valence-corrected chi connectivity index (χ4v) is 3.94. The molecular formula is C9H11N5O2S3. The first kappa shape index (κ1) is 14.1. The molecule has 2 aromatic rings. The van der Waals surface area contributed by atoms with E-state index >= 15 is 0 Å². The predicted octanol–water partition coefficient (Wildman–Crippen LogP) is 0.540. The Bertz CT molecular complexity index is 677. The Morgan fingerprint density at radius 2 is 2.32 bits per heavy atom. The summed E-state index contributed by atoms with van der Waals surface area (Å²) in [5, 5.41) is 6.28. The van der Waals surface area contributed by atoms with Gasteiger partial charge in [0.1, 0.15) is 21.3 Å². The molecule has 0 aliphatic rings. The molecule has 19 heavy (non-hydrogen) atoms. The molecule has 0 saturated carbocycles. The minimum absolute atomic E-state index is 0.154. The van der Waals surface area contributed by atoms with Crippen LogP contribution in [0.25, 0.3) is 0 Å². The van der Waals surface area contributed by atoms with E-state index in [9.17, 15) is 8.42 Å². The molecule has 0 aliphatic heterocycles. The fourth-order valence-electron chi connectivity index (χ4n) is 1.37. The van der Waals surface area contributed by atoms with Crippen LogP contribution >= 0.6 is 23.6 Å². The highest BCUT2D eigenvalue weighted by atomic mass is 32.2. The highest BCUT2D eigenvalue weighted by Gasteiger charge is 2.22. The van der Waals surface area contributed by atoms with E-state index < -0.39 is 16.1 Å². The van der Waals surface area contributed by atoms with Crippen LogP contribution < -0.4 is 10.5 Å². The van der Waals surface area contributed by atoms with Gasteiger partial charge in [-0.3, -0.25) is 5.10 Å². The molecule has 2 heterocycles. The van der Waals surface area contributed by atoms with E-state index in [0.717, 1.165) is 11.3 Å². The van der Waals surface area contributed by atoms with Crippen molar-refractivity contribution in [3.05, 3.63) is 29.2 Å². The average Bonchev–Trinajstić information content (AvgIpc) is 3.00. The number of aromatic amines is 1. The predicted molar refractivity (Wildman–Crippen MR) is 75.3 cm³/mol. The van der Waals surface area contributed by atoms with Crippen LogP contribution in [0.5, 0.6) is 0 Å². The lowest BCUT2D eigenvalue weighted by molar-refractivity contribution is 0.562. The molecule has 0 fully saturated rings. The van der Waals surface area contributed by atoms with Crippen LogP contribution in [0.2, 0.25) is 0 Å². The average molecular weight is 317 g/mol. The molecule has 4 N–H and O–H groups in total. The van der Waals surface area contributed by atoms with Crippen molar-refractivity contribution >= 4 is 38.6 Å². The fraction of sp³-hybridized carbons (Fsp3) is 0.222. The van der Waals surface area contributed by atoms with Crippen molar-refractivity contribution in [1.29, 1.82) is 0 Å². The van der Waals surface area contributed by atoms with E-state index in [1.165, 1.54) is 12.4 Å². The molecule has 1 unspecified atom stereocenters. The Labute approximate surface area is 119 Å². The summed E-state index contributed by atoms with van der Waals surface area (Å²) in [6.07, 6.45) is 1.32. The molecule has 2 rings (SSSR count). The minimum Gasteiger partial charge on any atom is -0.389 e. The summed E-state index contributed by atoms with van der Waals surface area (Å²) in [7, 11) is -3.63. The standard InChI is InChI=1S/C9H11N5O2S3/c1-5(9-11-4-12-13-9)14-19(15,16)7-3-2-6(18-7)8(10)17/h2-5,14H,1H3,(H2,10,17)(H,11,12,13). The van der Waals surface area contributed by atoms with Crippen LogP contribution in [-0.4, -0.2) is 28.6 Å². The van der Waals surface area contributed by atoms with E-state index in [2.05, 4.69) is 19.9 Å². The molecule has 0 spiro atoms. The van der Waals surface area contributed by atoms with Crippen LogP contribution in [0.3, 0.4) is 0 Å². The Kier molecular flexibility index (Phi) is 3.94. The molecule has 0 radical (unpaired) electrons. The largest absolute Gasteiger partial charge is 0.389 e. The maximum absolute atomic E-state index is 12.1. The Morgan fingerprint density at radius 1 is 1.58 bits per heavy atom. The molecule has 0 amide bonds. The molecule has 102 valence electrons. The molecule has 0 aromatic carbocycles. The van der Waals surface area contributed by atoms with Crippen molar-refractivity contribution in [1.82, 2.24) is 19.9 Å². The molecule has 2 aromatic heterocycles. The maximum atomic E-state index is 12.1. The smallest absolute Gasteiger partial charge is 0.250 e. The number of hydrogen-bond donors (Lipinski definition) is 3. The van der Waals surface area contributed by atoms with Crippen molar-refractivity contribution < 1.29 is 8.42 Å². The minimum atomic E-state index is -3.63. The van der Waals surface area contributed by atoms with Gasteiger partial charge in [-0.25, -0.2) is 18.1 Å². The molecule has 7 nitrogen and oxygen atoms in total. The summed E-state index contributed by atoms with van der Waals surface area (Å²) < 4.78 is 26.9. The van der Waals surface area contributed by atoms with E-state index in [-0.39, 0.29) is 9.20 Å². The number of nitrogens with two attached hydrogens (primary N) is 1. The number of hydrogen-bond acceptors (Lipinski definition) is 6. The summed E-state index contributed by atoms with van der Waals surface area (Å²) in [6, 6.07) is 2.54. The lowest BCUT2D eigenvalue weighted by Crippen LogP contribution is -2.27. The zero-order valence-electron chi connectivity index (χ0n) is 9.82. The van der Waals surface area contributed by atoms with E-state index in [4.69, 9.17) is 18.0 Å². The number of nitrogens with zero attached hydrogens (tertiary/aromatic N) is 2. The second-order valence-corrected chi connectivity index (χ2v) is 7.16. The third-order valence-corrected chi connectivity index (χ3v) is 5.76. The summed E-state index contributed by atoms with van der Waals surface area (Å²) >= 11 is 5.83. The van der Waals surface area contributed by atoms with Crippen LogP contribution in [0.4, 0.5) is 0 Å². The van der Waals surface area contributed by atoms with Crippen molar-refractivity contribution in [2.45, 2.75) is 17.2 Å². The van der Waals surface area contributed by atoms with Gasteiger partial charge in [-0.2, -0.15) is 5.10 Å². The summed E-state index contributed by atoms with van der Waals surface area (Å²) in [5.74, 6) is 0.440. The van der Waals surface area contributed by atoms with Crippen molar-refractivity contribution in [3.8, 4) is 0 Å². The highest BCUT2D eigenvalue weighted by Crippen LogP contribution is 2.22. The third kappa shape index (κ3) is 3.15. The number of aromatic nitrogens is 3. The monoisotopic (exact) mass is 317 g/mol. The van der Waals surface area contributed by atoms with Gasteiger partial charge in [0, 0.05) is 0 Å². The first-order valence-electron chi connectivity index (χ1n) is 5.17. The van der Waals surface area contributed by atoms with Gasteiger partial charge in [-0.15, -0.1) is 11.3 Å². The zero-order valence-corrected chi connectivity index (χ0v) is 12.3. The topological polar surface area (TPSA) is 114 Å². The van der Waals surface area contributed by atoms with Gasteiger partial charge < -0.3 is 5.73 Å². The van der Waals surface area contributed by atoms with Crippen LogP contribution in [-0.2, 0) is 10.0 Å². The van der Waals surface area contributed by atoms with E-state index in [1.54, 1.807) is 13.0 Å². The van der Waals surface area contributed by atoms with Gasteiger partial charge in [-0.05, 0) is 19.1 Å². The van der Waals surface area contributed by atoms with Gasteiger partial charge in [0.25, 0.3) is 10.0 Å². The SMILES string of the molecule is CC(NS(=O)(=O)c1ccc(C(N)=S)s1)c1ncn[nH]1. The van der Waals surface area contributed by atoms with Crippen molar-refractivity contribution in [2.75, 3.05) is 0 Å². The van der Waals surface area contributed by atoms with Crippen LogP contribution in [0.1, 0.15) is 23.7 Å². The van der Waals surface area contributed by atoms with Gasteiger partial charge in [-0.1, -0.05) is 12.2 Å². The number of nitrogens with one attached hydrogen (secondary N) is 2. The van der Waals surface area contributed by atoms with Gasteiger partial charge >= 0.3 is 0 Å². The second kappa shape index (κ2) is 5.33. The molecule has 0 bridgehead atoms. The van der Waals surface area contributed by atoms with E-state index in [1.807, 2.05) is 0 Å². The molecule has 0 saturated heterocycles. The molecular weight excluding hydrogens is 306 g/mol. The maximum Gasteiger partial charge on any atom is 0.250 e. The quantitative estimate of drug-likeness (QED) is 0.694. The number of H-pyrrole nitrogens is 1. The summed E-state index contributed by atoms with van der Waals surface area (Å²) in [6.45, 7) is 1.67. The van der Waals surface area contributed by atoms with Crippen molar-refractivity contribution in [3.63, 3.8) is 0 Å². The van der Waals surface area contributed by atoms with Crippen LogP contribution in [0.15, 0.2) is 22.7 Å². The van der Waals surface area contributed by atoms with Gasteiger partial charge in [0.15, 0.2) is 0 Å². The normalized spacial score (nSPS) is 13.3. The first-order chi connectivity index (χ1) is 8.90. The first-order valence-corrected chi connectivity index (χ1v) is 7.88. The third-order valence-electron chi connectivity index (χ3n) is 2.26. The molecule has 10 heteroatoms. The zero-order chi connectivity index (χ0) is 14.0. The van der Waals surface area contributed by atoms with E-state index in [0.29, 0.717) is 10.7 Å². The lowest BCUT2D eigenvalue weighted by atomic mass is 10.3. The Balaban J connectivity index is 2.20. The number of thiophene rings is 1. The van der Waals surface area contributed by atoms with Gasteiger partial charge in [0.2, 0.25) is 0 Å². The number of thiocarbonyl (C=S) groups is 1. The summed E-state index contributed by atoms with van der Waals surface area (Å²) in [4.78, 5) is 4.63. The highest BCUT2D eigenvalue weighted by molar-refractivity contribution is 7.91. The number of rotatable bonds is 5. The summed E-state index contributed by atoms with van der Waals surface area (Å²) in [5.41, 5.74) is 5.45. The van der Waals surface area contributed by atoms with Crippen LogP contribution in [0, 0.1) is 0 Å². The number of sulfonamides is 1. The molecule has 0 aliphatic carbocycles. The van der Waals surface area contributed by atoms with Gasteiger partial charge in [0.05, 0.1) is 10.9 Å². The molecule has 1 atom stereocenters. The Hall–Kier alpha value is -1.36.